The van der Waals surface area contributed by atoms with Crippen molar-refractivity contribution >= 4 is 22.8 Å². The van der Waals surface area contributed by atoms with Crippen LogP contribution in [-0.4, -0.2) is 40.5 Å². The molecular formula is C25H25N5O4. The van der Waals surface area contributed by atoms with E-state index in [0.717, 1.165) is 23.0 Å². The predicted octanol–water partition coefficient (Wildman–Crippen LogP) is 3.35. The smallest absolute Gasteiger partial charge is 0.269 e. The number of methoxy groups -OCH3 is 1. The third-order valence-corrected chi connectivity index (χ3v) is 5.15. The highest BCUT2D eigenvalue weighted by Gasteiger charge is 2.13. The third-order valence-electron chi connectivity index (χ3n) is 5.15. The lowest BCUT2D eigenvalue weighted by Gasteiger charge is -2.12. The molecule has 0 saturated heterocycles. The zero-order valence-electron chi connectivity index (χ0n) is 18.9. The third kappa shape index (κ3) is 5.15. The van der Waals surface area contributed by atoms with Crippen LogP contribution in [0.2, 0.25) is 0 Å². The van der Waals surface area contributed by atoms with Crippen LogP contribution in [0.5, 0.6) is 11.5 Å². The van der Waals surface area contributed by atoms with Gasteiger partial charge in [-0.1, -0.05) is 36.4 Å². The average molecular weight is 460 g/mol. The number of fused-ring (bicyclic) bond motifs is 1. The van der Waals surface area contributed by atoms with Gasteiger partial charge in [0.15, 0.2) is 11.5 Å². The van der Waals surface area contributed by atoms with E-state index in [-0.39, 0.29) is 0 Å². The molecule has 0 aliphatic carbocycles. The number of benzene rings is 3. The van der Waals surface area contributed by atoms with E-state index in [1.165, 1.54) is 7.11 Å². The Morgan fingerprint density at radius 1 is 0.912 bits per heavy atom. The number of rotatable bonds is 8. The molecule has 34 heavy (non-hydrogen) atoms. The summed E-state index contributed by atoms with van der Waals surface area (Å²) in [5.74, 6) is 0.108. The minimum atomic E-state index is -0.469. The van der Waals surface area contributed by atoms with Gasteiger partial charge in [-0.3, -0.25) is 20.4 Å². The van der Waals surface area contributed by atoms with Crippen molar-refractivity contribution in [2.45, 2.75) is 19.9 Å². The lowest BCUT2D eigenvalue weighted by molar-refractivity contribution is 0.0846. The Morgan fingerprint density at radius 3 is 2.35 bits per heavy atom. The molecule has 4 rings (SSSR count). The first-order chi connectivity index (χ1) is 16.6. The molecule has 4 aromatic rings. The number of carbonyl (C=O) groups excluding carboxylic acids is 2. The summed E-state index contributed by atoms with van der Waals surface area (Å²) < 4.78 is 12.7. The topological polar surface area (TPSA) is 107 Å². The summed E-state index contributed by atoms with van der Waals surface area (Å²) in [4.78, 5) is 25.0. The molecule has 0 unspecified atom stereocenters. The Balaban J connectivity index is 1.35. The molecule has 0 fully saturated rings. The van der Waals surface area contributed by atoms with Crippen molar-refractivity contribution in [3.8, 4) is 11.5 Å². The van der Waals surface area contributed by atoms with Gasteiger partial charge in [-0.2, -0.15) is 0 Å². The first-order valence-electron chi connectivity index (χ1n) is 10.9. The van der Waals surface area contributed by atoms with Crippen LogP contribution in [0.4, 0.5) is 0 Å². The Bertz CT molecular complexity index is 1300. The maximum Gasteiger partial charge on any atom is 0.269 e. The van der Waals surface area contributed by atoms with Crippen molar-refractivity contribution in [3.63, 3.8) is 0 Å². The summed E-state index contributed by atoms with van der Waals surface area (Å²) in [5, 5.41) is 8.33. The molecule has 0 radical (unpaired) electrons. The number of ether oxygens (including phenoxy) is 2. The largest absolute Gasteiger partial charge is 0.493 e. The Kier molecular flexibility index (Phi) is 7.02. The standard InChI is InChI=1S/C25H25N5O4/c1-3-14-34-22-13-12-19(15-23(22)33-2)25(32)28-27-24(31)18-10-8-17(9-11-18)16-30-21-7-5-4-6-20(21)26-29-30/h4-13,15H,3,14,16H2,1-2H3,(H,27,31)(H,28,32). The van der Waals surface area contributed by atoms with Crippen LogP contribution in [0.3, 0.4) is 0 Å². The van der Waals surface area contributed by atoms with Crippen LogP contribution in [0, 0.1) is 0 Å². The zero-order valence-corrected chi connectivity index (χ0v) is 18.9. The van der Waals surface area contributed by atoms with Crippen molar-refractivity contribution in [1.82, 2.24) is 25.8 Å². The Labute approximate surface area is 196 Å². The van der Waals surface area contributed by atoms with Gasteiger partial charge in [0.05, 0.1) is 25.8 Å². The number of aromatic nitrogens is 3. The van der Waals surface area contributed by atoms with Crippen molar-refractivity contribution < 1.29 is 19.1 Å². The highest BCUT2D eigenvalue weighted by atomic mass is 16.5. The minimum absolute atomic E-state index is 0.330. The van der Waals surface area contributed by atoms with E-state index in [9.17, 15) is 9.59 Å². The SMILES string of the molecule is CCCOc1ccc(C(=O)NNC(=O)c2ccc(Cn3nnc4ccccc43)cc2)cc1OC. The predicted molar refractivity (Wildman–Crippen MR) is 127 cm³/mol. The number of amides is 2. The second kappa shape index (κ2) is 10.5. The van der Waals surface area contributed by atoms with Gasteiger partial charge in [0.25, 0.3) is 11.8 Å². The Hall–Kier alpha value is -4.40. The Morgan fingerprint density at radius 2 is 1.62 bits per heavy atom. The molecule has 0 saturated carbocycles. The fraction of sp³-hybridized carbons (Fsp3) is 0.200. The molecule has 0 aliphatic heterocycles. The number of nitrogens with zero attached hydrogens (tertiary/aromatic N) is 3. The molecule has 2 amide bonds. The van der Waals surface area contributed by atoms with Crippen LogP contribution in [0.15, 0.2) is 66.7 Å². The van der Waals surface area contributed by atoms with Crippen LogP contribution >= 0.6 is 0 Å². The lowest BCUT2D eigenvalue weighted by Crippen LogP contribution is -2.41. The molecule has 0 atom stereocenters. The summed E-state index contributed by atoms with van der Waals surface area (Å²) in [5.41, 5.74) is 8.33. The van der Waals surface area contributed by atoms with E-state index in [1.807, 2.05) is 43.3 Å². The fourth-order valence-corrected chi connectivity index (χ4v) is 3.37. The second-order valence-electron chi connectivity index (χ2n) is 7.56. The van der Waals surface area contributed by atoms with Gasteiger partial charge in [-0.25, -0.2) is 4.68 Å². The maximum atomic E-state index is 12.5. The first kappa shape index (κ1) is 22.8. The lowest BCUT2D eigenvalue weighted by atomic mass is 10.1. The molecule has 9 nitrogen and oxygen atoms in total. The van der Waals surface area contributed by atoms with Crippen molar-refractivity contribution in [2.75, 3.05) is 13.7 Å². The van der Waals surface area contributed by atoms with E-state index in [0.29, 0.717) is 35.8 Å². The summed E-state index contributed by atoms with van der Waals surface area (Å²) >= 11 is 0. The number of hydrogen-bond donors (Lipinski definition) is 2. The first-order valence-corrected chi connectivity index (χ1v) is 10.9. The number of hydrazine groups is 1. The molecule has 0 spiro atoms. The molecule has 1 heterocycles. The van der Waals surface area contributed by atoms with Crippen LogP contribution < -0.4 is 20.3 Å². The molecule has 3 aromatic carbocycles. The van der Waals surface area contributed by atoms with Crippen molar-refractivity contribution in [1.29, 1.82) is 0 Å². The molecule has 0 bridgehead atoms. The number of carbonyl (C=O) groups is 2. The van der Waals surface area contributed by atoms with Gasteiger partial charge in [-0.15, -0.1) is 5.10 Å². The highest BCUT2D eigenvalue weighted by Crippen LogP contribution is 2.28. The normalized spacial score (nSPS) is 10.6. The quantitative estimate of drug-likeness (QED) is 0.391. The summed E-state index contributed by atoms with van der Waals surface area (Å²) in [6.07, 6.45) is 0.857. The number of para-hydroxylation sites is 1. The van der Waals surface area contributed by atoms with Gasteiger partial charge in [0.2, 0.25) is 0 Å². The van der Waals surface area contributed by atoms with Gasteiger partial charge in [0, 0.05) is 11.1 Å². The van der Waals surface area contributed by atoms with E-state index in [2.05, 4.69) is 21.2 Å². The van der Waals surface area contributed by atoms with Gasteiger partial charge in [0.1, 0.15) is 5.52 Å². The number of hydrogen-bond acceptors (Lipinski definition) is 6. The minimum Gasteiger partial charge on any atom is -0.493 e. The molecule has 9 heteroatoms. The second-order valence-corrected chi connectivity index (χ2v) is 7.56. The van der Waals surface area contributed by atoms with Gasteiger partial charge < -0.3 is 9.47 Å². The van der Waals surface area contributed by atoms with E-state index >= 15 is 0 Å². The summed E-state index contributed by atoms with van der Waals surface area (Å²) in [6, 6.07) is 19.6. The molecule has 0 aliphatic rings. The van der Waals surface area contributed by atoms with E-state index < -0.39 is 11.8 Å². The van der Waals surface area contributed by atoms with E-state index in [1.54, 1.807) is 35.0 Å². The average Bonchev–Trinajstić information content (AvgIpc) is 3.28. The molecule has 2 N–H and O–H groups in total. The summed E-state index contributed by atoms with van der Waals surface area (Å²) in [6.45, 7) is 3.08. The number of nitrogens with one attached hydrogen (secondary N) is 2. The monoisotopic (exact) mass is 459 g/mol. The van der Waals surface area contributed by atoms with Gasteiger partial charge in [-0.05, 0) is 54.4 Å². The summed E-state index contributed by atoms with van der Waals surface area (Å²) in [7, 11) is 1.51. The van der Waals surface area contributed by atoms with Crippen LogP contribution in [-0.2, 0) is 6.54 Å². The molecular weight excluding hydrogens is 434 g/mol. The fourth-order valence-electron chi connectivity index (χ4n) is 3.37. The van der Waals surface area contributed by atoms with Crippen LogP contribution in [0.25, 0.3) is 11.0 Å². The van der Waals surface area contributed by atoms with Crippen molar-refractivity contribution in [3.05, 3.63) is 83.4 Å². The van der Waals surface area contributed by atoms with Crippen molar-refractivity contribution in [2.24, 2.45) is 0 Å². The van der Waals surface area contributed by atoms with Gasteiger partial charge >= 0.3 is 0 Å². The zero-order chi connectivity index (χ0) is 23.9. The highest BCUT2D eigenvalue weighted by molar-refractivity contribution is 5.99. The maximum absolute atomic E-state index is 12.5. The van der Waals surface area contributed by atoms with Crippen LogP contribution in [0.1, 0.15) is 39.6 Å². The van der Waals surface area contributed by atoms with E-state index in [4.69, 9.17) is 9.47 Å². The molecule has 174 valence electrons. The molecule has 1 aromatic heterocycles.